The summed E-state index contributed by atoms with van der Waals surface area (Å²) in [6, 6.07) is 6.96. The zero-order valence-electron chi connectivity index (χ0n) is 21.7. The summed E-state index contributed by atoms with van der Waals surface area (Å²) in [5.74, 6) is -2.69. The number of carbonyl (C=O) groups excluding carboxylic acids is 2. The molecule has 1 aliphatic carbocycles. The number of likely N-dealkylation sites (tertiary alicyclic amines) is 1. The Morgan fingerprint density at radius 3 is 2.66 bits per heavy atom. The standard InChI is InChI=1S/C28H36BNO8/c1-17(12-18-6-5-7-20(32)13-18)9-10-23-25-19(16-31)14-21-26(22(25)15-29(37)38-23)28(36)30(27(21)35)11-4-2-3-8-24(33)34/h5-7,12-13,21-23,26,31-32,37H,2-4,8-11,14-16H2,1H3,(H,33,34)/b17-12+/t21-,22+,23-,26-/m1/s1. The molecule has 2 saturated heterocycles. The van der Waals surface area contributed by atoms with Crippen molar-refractivity contribution in [2.45, 2.75) is 64.3 Å². The Morgan fingerprint density at radius 1 is 1.16 bits per heavy atom. The van der Waals surface area contributed by atoms with Gasteiger partial charge in [-0.3, -0.25) is 19.3 Å². The minimum absolute atomic E-state index is 0.0596. The summed E-state index contributed by atoms with van der Waals surface area (Å²) >= 11 is 0. The molecule has 2 amide bonds. The molecule has 9 nitrogen and oxygen atoms in total. The molecule has 2 fully saturated rings. The van der Waals surface area contributed by atoms with Gasteiger partial charge in [0.15, 0.2) is 0 Å². The molecule has 2 heterocycles. The lowest BCUT2D eigenvalue weighted by molar-refractivity contribution is -0.141. The molecule has 0 saturated carbocycles. The number of phenolic OH excluding ortho intramolecular Hbond substituents is 1. The summed E-state index contributed by atoms with van der Waals surface area (Å²) in [6.07, 6.45) is 4.87. The fraction of sp³-hybridized carbons (Fsp3) is 0.536. The number of phenols is 1. The largest absolute Gasteiger partial charge is 0.508 e. The first kappa shape index (κ1) is 28.1. The van der Waals surface area contributed by atoms with Crippen molar-refractivity contribution in [1.29, 1.82) is 0 Å². The van der Waals surface area contributed by atoms with Crippen molar-refractivity contribution >= 4 is 31.0 Å². The normalized spacial score (nSPS) is 25.6. The maximum Gasteiger partial charge on any atom is 0.455 e. The van der Waals surface area contributed by atoms with Gasteiger partial charge < -0.3 is 25.0 Å². The van der Waals surface area contributed by atoms with E-state index in [1.54, 1.807) is 18.2 Å². The Labute approximate surface area is 222 Å². The lowest BCUT2D eigenvalue weighted by Gasteiger charge is -2.42. The van der Waals surface area contributed by atoms with E-state index in [-0.39, 0.29) is 49.4 Å². The quantitative estimate of drug-likeness (QED) is 0.149. The van der Waals surface area contributed by atoms with E-state index in [0.717, 1.165) is 16.7 Å². The molecule has 0 spiro atoms. The van der Waals surface area contributed by atoms with Crippen molar-refractivity contribution in [3.8, 4) is 5.75 Å². The Morgan fingerprint density at radius 2 is 1.95 bits per heavy atom. The number of aliphatic hydroxyl groups is 1. The number of allylic oxidation sites excluding steroid dienone is 1. The number of nitrogens with zero attached hydrogens (tertiary/aromatic N) is 1. The Kier molecular flexibility index (Phi) is 9.07. The van der Waals surface area contributed by atoms with Gasteiger partial charge in [0.05, 0.1) is 24.5 Å². The molecule has 38 heavy (non-hydrogen) atoms. The maximum atomic E-state index is 13.5. The topological polar surface area (TPSA) is 145 Å². The molecule has 4 rings (SSSR count). The van der Waals surface area contributed by atoms with Gasteiger partial charge in [-0.1, -0.05) is 30.2 Å². The number of hydrogen-bond acceptors (Lipinski definition) is 7. The lowest BCUT2D eigenvalue weighted by Crippen LogP contribution is -2.46. The number of carboxylic acids is 1. The van der Waals surface area contributed by atoms with E-state index in [4.69, 9.17) is 9.76 Å². The number of fused-ring (bicyclic) bond motifs is 3. The third kappa shape index (κ3) is 6.19. The Bertz CT molecular complexity index is 1130. The minimum Gasteiger partial charge on any atom is -0.508 e. The molecule has 0 radical (unpaired) electrons. The van der Waals surface area contributed by atoms with E-state index in [9.17, 15) is 29.6 Å². The van der Waals surface area contributed by atoms with Gasteiger partial charge in [-0.2, -0.15) is 0 Å². The van der Waals surface area contributed by atoms with Crippen LogP contribution in [0.1, 0.15) is 57.4 Å². The summed E-state index contributed by atoms with van der Waals surface area (Å²) in [5.41, 5.74) is 3.48. The van der Waals surface area contributed by atoms with Gasteiger partial charge in [0.2, 0.25) is 11.8 Å². The zero-order chi connectivity index (χ0) is 27.4. The molecule has 4 atom stereocenters. The first-order valence-corrected chi connectivity index (χ1v) is 13.4. The molecule has 1 aromatic carbocycles. The monoisotopic (exact) mass is 525 g/mol. The van der Waals surface area contributed by atoms with Crippen LogP contribution < -0.4 is 0 Å². The average molecular weight is 525 g/mol. The van der Waals surface area contributed by atoms with Gasteiger partial charge in [-0.15, -0.1) is 0 Å². The first-order chi connectivity index (χ1) is 18.2. The van der Waals surface area contributed by atoms with Crippen molar-refractivity contribution in [3.63, 3.8) is 0 Å². The van der Waals surface area contributed by atoms with Crippen molar-refractivity contribution in [1.82, 2.24) is 4.90 Å². The molecule has 0 unspecified atom stereocenters. The van der Waals surface area contributed by atoms with Crippen LogP contribution in [0.5, 0.6) is 5.75 Å². The van der Waals surface area contributed by atoms with Gasteiger partial charge in [0.25, 0.3) is 0 Å². The number of rotatable bonds is 11. The summed E-state index contributed by atoms with van der Waals surface area (Å²) in [7, 11) is -1.07. The summed E-state index contributed by atoms with van der Waals surface area (Å²) in [4.78, 5) is 38.7. The number of aliphatic hydroxyl groups excluding tert-OH is 1. The minimum atomic E-state index is -1.07. The number of imide groups is 1. The SMILES string of the molecule is C/C(=C\c1cccc(O)c1)CC[C@H]1OB(O)C[C@H]2C1=C(CO)C[C@H]1C(=O)N(CCCCCC(=O)O)C(=O)[C@H]12. The first-order valence-electron chi connectivity index (χ1n) is 13.4. The van der Waals surface area contributed by atoms with E-state index < -0.39 is 31.0 Å². The van der Waals surface area contributed by atoms with Crippen molar-refractivity contribution in [2.75, 3.05) is 13.2 Å². The maximum absolute atomic E-state index is 13.5. The summed E-state index contributed by atoms with van der Waals surface area (Å²) < 4.78 is 5.92. The zero-order valence-corrected chi connectivity index (χ0v) is 21.7. The third-order valence-electron chi connectivity index (χ3n) is 7.95. The number of carboxylic acid groups (broad SMARTS) is 1. The molecule has 0 bridgehead atoms. The van der Waals surface area contributed by atoms with Crippen LogP contribution in [0.15, 0.2) is 41.0 Å². The number of amides is 2. The van der Waals surface area contributed by atoms with Crippen molar-refractivity contribution in [3.05, 3.63) is 46.5 Å². The van der Waals surface area contributed by atoms with Crippen LogP contribution in [-0.2, 0) is 19.0 Å². The van der Waals surface area contributed by atoms with Crippen LogP contribution in [0.25, 0.3) is 6.08 Å². The van der Waals surface area contributed by atoms with Crippen molar-refractivity contribution < 1.29 is 39.4 Å². The molecule has 2 aliphatic heterocycles. The third-order valence-corrected chi connectivity index (χ3v) is 7.95. The summed E-state index contributed by atoms with van der Waals surface area (Å²) in [6.45, 7) is 1.99. The van der Waals surface area contributed by atoms with Gasteiger partial charge in [0, 0.05) is 13.0 Å². The average Bonchev–Trinajstić information content (AvgIpc) is 3.10. The molecule has 3 aliphatic rings. The molecule has 4 N–H and O–H groups in total. The molecule has 10 heteroatoms. The second-order valence-corrected chi connectivity index (χ2v) is 10.6. The van der Waals surface area contributed by atoms with Crippen molar-refractivity contribution in [2.24, 2.45) is 17.8 Å². The van der Waals surface area contributed by atoms with Gasteiger partial charge in [0.1, 0.15) is 5.75 Å². The molecular weight excluding hydrogens is 489 g/mol. The van der Waals surface area contributed by atoms with Crippen LogP contribution in [0.2, 0.25) is 6.32 Å². The van der Waals surface area contributed by atoms with Crippen LogP contribution in [0.3, 0.4) is 0 Å². The van der Waals surface area contributed by atoms with Crippen LogP contribution >= 0.6 is 0 Å². The highest BCUT2D eigenvalue weighted by Gasteiger charge is 2.57. The number of aromatic hydroxyl groups is 1. The highest BCUT2D eigenvalue weighted by Crippen LogP contribution is 2.50. The van der Waals surface area contributed by atoms with Crippen LogP contribution in [-0.4, -0.2) is 69.4 Å². The second kappa shape index (κ2) is 12.3. The lowest BCUT2D eigenvalue weighted by atomic mass is 9.58. The molecule has 1 aromatic rings. The smallest absolute Gasteiger partial charge is 0.455 e. The fourth-order valence-corrected chi connectivity index (χ4v) is 6.25. The molecule has 204 valence electrons. The predicted molar refractivity (Wildman–Crippen MR) is 141 cm³/mol. The van der Waals surface area contributed by atoms with E-state index in [1.165, 1.54) is 4.90 Å². The van der Waals surface area contributed by atoms with E-state index in [0.29, 0.717) is 44.1 Å². The Hall–Kier alpha value is -2.95. The second-order valence-electron chi connectivity index (χ2n) is 10.6. The van der Waals surface area contributed by atoms with E-state index in [1.807, 2.05) is 19.1 Å². The number of carbonyl (C=O) groups is 3. The summed E-state index contributed by atoms with van der Waals surface area (Å²) in [5, 5.41) is 39.3. The number of hydrogen-bond donors (Lipinski definition) is 4. The number of aliphatic carboxylic acids is 1. The molecular formula is C28H36BNO8. The Balaban J connectivity index is 1.48. The molecule has 0 aromatic heterocycles. The van der Waals surface area contributed by atoms with Crippen LogP contribution in [0, 0.1) is 17.8 Å². The van der Waals surface area contributed by atoms with Gasteiger partial charge in [-0.05, 0) is 80.1 Å². The van der Waals surface area contributed by atoms with E-state index >= 15 is 0 Å². The fourth-order valence-electron chi connectivity index (χ4n) is 6.25. The highest BCUT2D eigenvalue weighted by atomic mass is 16.5. The number of unbranched alkanes of at least 4 members (excludes halogenated alkanes) is 2. The highest BCUT2D eigenvalue weighted by molar-refractivity contribution is 6.43. The van der Waals surface area contributed by atoms with Crippen LogP contribution in [0.4, 0.5) is 0 Å². The predicted octanol–water partition coefficient (Wildman–Crippen LogP) is 3.01. The van der Waals surface area contributed by atoms with Gasteiger partial charge in [-0.25, -0.2) is 0 Å². The van der Waals surface area contributed by atoms with Gasteiger partial charge >= 0.3 is 13.1 Å². The van der Waals surface area contributed by atoms with E-state index in [2.05, 4.69) is 0 Å². The number of benzene rings is 1.